The van der Waals surface area contributed by atoms with Gasteiger partial charge in [0.05, 0.1) is 41.1 Å². The summed E-state index contributed by atoms with van der Waals surface area (Å²) in [4.78, 5) is 50.0. The highest BCUT2D eigenvalue weighted by molar-refractivity contribution is 5.96. The van der Waals surface area contributed by atoms with E-state index in [1.165, 1.54) is 0 Å². The van der Waals surface area contributed by atoms with Crippen LogP contribution in [0.3, 0.4) is 0 Å². The Morgan fingerprint density at radius 1 is 0.736 bits per heavy atom. The number of carbonyl (C=O) groups is 3. The molecular formula is C39H47N5O9. The maximum atomic E-state index is 11.6. The Bertz CT molecular complexity index is 2190. The first-order valence-corrected chi connectivity index (χ1v) is 17.6. The fourth-order valence-electron chi connectivity index (χ4n) is 7.22. The van der Waals surface area contributed by atoms with Crippen LogP contribution in [0.2, 0.25) is 0 Å². The number of carboxylic acids is 3. The van der Waals surface area contributed by atoms with Gasteiger partial charge in [-0.1, -0.05) is 0 Å². The van der Waals surface area contributed by atoms with Gasteiger partial charge in [-0.05, 0) is 112 Å². The number of nitrogens with zero attached hydrogens (tertiary/aromatic N) is 2. The average Bonchev–Trinajstić information content (AvgIpc) is 3.84. The second-order valence-corrected chi connectivity index (χ2v) is 13.9. The minimum absolute atomic E-state index is 0.0628. The summed E-state index contributed by atoms with van der Waals surface area (Å²) in [6.45, 7) is 11.5. The molecule has 0 aliphatic carbocycles. The van der Waals surface area contributed by atoms with Crippen molar-refractivity contribution in [1.82, 2.24) is 25.3 Å². The smallest absolute Gasteiger partial charge is 0.320 e. The van der Waals surface area contributed by atoms with Gasteiger partial charge in [0.2, 0.25) is 0 Å². The summed E-state index contributed by atoms with van der Waals surface area (Å²) < 4.78 is 0. The van der Waals surface area contributed by atoms with Crippen LogP contribution in [0.1, 0.15) is 105 Å². The molecular weight excluding hydrogens is 682 g/mol. The Morgan fingerprint density at radius 3 is 1.85 bits per heavy atom. The van der Waals surface area contributed by atoms with E-state index in [1.54, 1.807) is 13.8 Å². The highest BCUT2D eigenvalue weighted by Crippen LogP contribution is 2.37. The number of fused-ring (bicyclic) bond motifs is 8. The Balaban J connectivity index is 0.000000526. The van der Waals surface area contributed by atoms with Gasteiger partial charge in [-0.3, -0.25) is 14.4 Å². The van der Waals surface area contributed by atoms with E-state index in [-0.39, 0.29) is 25.7 Å². The van der Waals surface area contributed by atoms with Crippen molar-refractivity contribution in [3.8, 4) is 0 Å². The maximum Gasteiger partial charge on any atom is 0.320 e. The third-order valence-corrected chi connectivity index (χ3v) is 10.1. The first-order chi connectivity index (χ1) is 25.0. The molecule has 0 amide bonds. The largest absolute Gasteiger partial charge is 0.481 e. The van der Waals surface area contributed by atoms with Crippen LogP contribution in [0.5, 0.6) is 0 Å². The summed E-state index contributed by atoms with van der Waals surface area (Å²) in [5.41, 5.74) is 11.7. The summed E-state index contributed by atoms with van der Waals surface area (Å²) in [6.07, 6.45) is -1.31. The fourth-order valence-corrected chi connectivity index (χ4v) is 7.22. The van der Waals surface area contributed by atoms with Crippen LogP contribution in [-0.2, 0) is 20.8 Å². The van der Waals surface area contributed by atoms with E-state index in [0.717, 1.165) is 44.4 Å². The fraction of sp³-hybridized carbons (Fsp3) is 0.410. The van der Waals surface area contributed by atoms with Gasteiger partial charge in [-0.25, -0.2) is 9.97 Å². The van der Waals surface area contributed by atoms with Gasteiger partial charge in [0.15, 0.2) is 0 Å². The molecule has 0 aromatic carbocycles. The molecule has 53 heavy (non-hydrogen) atoms. The van der Waals surface area contributed by atoms with E-state index >= 15 is 0 Å². The standard InChI is InChI=1S/C34H38N4O6.C5H9NO3/c1-15-21(7-9-31(41)42)27-14-28-22(8-10-32(43)44)16(2)24(36-28)12-29-34(20(6)40)18(4)26(38-29)13-30-33(19(5)39)17(3)25(37-30)11-23(15)35-27;7-3-1-4(5(8)9)6-2-3/h11-14,19-20,35,38-40H,7-10H2,1-6H3,(H,41,42)(H,43,44);3-4,6-7H,1-2H2,(H,8,9)/t;3?,4-/m.0/s1. The Morgan fingerprint density at radius 2 is 1.28 bits per heavy atom. The predicted octanol–water partition coefficient (Wildman–Crippen LogP) is 4.90. The second-order valence-electron chi connectivity index (χ2n) is 13.9. The van der Waals surface area contributed by atoms with Crippen molar-refractivity contribution >= 4 is 62.3 Å². The summed E-state index contributed by atoms with van der Waals surface area (Å²) in [5.74, 6) is -2.71. The van der Waals surface area contributed by atoms with Crippen molar-refractivity contribution in [3.63, 3.8) is 0 Å². The topological polar surface area (TPSA) is 242 Å². The zero-order valence-corrected chi connectivity index (χ0v) is 30.7. The zero-order valence-electron chi connectivity index (χ0n) is 30.7. The number of aryl methyl sites for hydroxylation is 3. The summed E-state index contributed by atoms with van der Waals surface area (Å²) >= 11 is 0. The Hall–Kier alpha value is -5.15. The minimum Gasteiger partial charge on any atom is -0.481 e. The molecule has 0 radical (unpaired) electrons. The molecule has 6 heterocycles. The quantitative estimate of drug-likeness (QED) is 0.143. The molecule has 4 atom stereocenters. The number of aliphatic hydroxyl groups excluding tert-OH is 3. The van der Waals surface area contributed by atoms with Gasteiger partial charge in [0.1, 0.15) is 6.04 Å². The van der Waals surface area contributed by atoms with Crippen molar-refractivity contribution in [2.24, 2.45) is 0 Å². The van der Waals surface area contributed by atoms with E-state index in [2.05, 4.69) is 15.3 Å². The molecule has 14 nitrogen and oxygen atoms in total. The molecule has 6 rings (SSSR count). The number of aliphatic hydroxyl groups is 3. The molecule has 3 aromatic heterocycles. The number of aliphatic carboxylic acids is 3. The molecule has 9 N–H and O–H groups in total. The average molecular weight is 730 g/mol. The first-order valence-electron chi connectivity index (χ1n) is 17.6. The van der Waals surface area contributed by atoms with E-state index in [4.69, 9.17) is 20.2 Å². The number of rotatable bonds is 9. The van der Waals surface area contributed by atoms with Crippen molar-refractivity contribution in [2.45, 2.75) is 98.0 Å². The van der Waals surface area contributed by atoms with Gasteiger partial charge in [0, 0.05) is 59.0 Å². The van der Waals surface area contributed by atoms with Gasteiger partial charge in [-0.2, -0.15) is 0 Å². The SMILES string of the molecule is CC1=C(CCC(=O)O)c2cc3[nH]c(cc4nc(cc5[nH]c(cc1n2)c(C(C)O)c5C)C(C(C)O)=C4C)c(C)c3CCC(=O)O.O=C(O)[C@@H]1CC(O)CN1. The molecule has 3 aliphatic heterocycles. The number of carboxylic acid groups (broad SMARTS) is 3. The Kier molecular flexibility index (Phi) is 11.7. The molecule has 0 spiro atoms. The number of aromatic nitrogens is 4. The van der Waals surface area contributed by atoms with Gasteiger partial charge in [0.25, 0.3) is 0 Å². The summed E-state index contributed by atoms with van der Waals surface area (Å²) in [6, 6.07) is 6.97. The molecule has 8 bridgehead atoms. The molecule has 0 saturated carbocycles. The molecule has 3 aromatic rings. The number of allylic oxidation sites excluding steroid dienone is 3. The van der Waals surface area contributed by atoms with Gasteiger partial charge in [-0.15, -0.1) is 0 Å². The summed E-state index contributed by atoms with van der Waals surface area (Å²) in [5, 5.41) is 60.3. The van der Waals surface area contributed by atoms with Crippen LogP contribution in [0.4, 0.5) is 0 Å². The minimum atomic E-state index is -0.917. The van der Waals surface area contributed by atoms with Gasteiger partial charge >= 0.3 is 17.9 Å². The lowest BCUT2D eigenvalue weighted by molar-refractivity contribution is -0.139. The predicted molar refractivity (Wildman–Crippen MR) is 201 cm³/mol. The van der Waals surface area contributed by atoms with E-state index in [9.17, 15) is 34.8 Å². The third kappa shape index (κ3) is 8.41. The zero-order chi connectivity index (χ0) is 38.9. The highest BCUT2D eigenvalue weighted by atomic mass is 16.4. The lowest BCUT2D eigenvalue weighted by Crippen LogP contribution is -2.29. The van der Waals surface area contributed by atoms with Crippen LogP contribution >= 0.6 is 0 Å². The van der Waals surface area contributed by atoms with Crippen molar-refractivity contribution in [3.05, 3.63) is 69.3 Å². The second kappa shape index (κ2) is 15.8. The molecule has 3 unspecified atom stereocenters. The van der Waals surface area contributed by atoms with E-state index in [0.29, 0.717) is 57.9 Å². The van der Waals surface area contributed by atoms with Crippen LogP contribution in [0.15, 0.2) is 24.3 Å². The van der Waals surface area contributed by atoms with Crippen LogP contribution in [0.25, 0.3) is 44.4 Å². The van der Waals surface area contributed by atoms with Crippen molar-refractivity contribution in [2.75, 3.05) is 6.54 Å². The number of nitrogens with one attached hydrogen (secondary N) is 3. The maximum absolute atomic E-state index is 11.6. The lowest BCUT2D eigenvalue weighted by atomic mass is 9.99. The van der Waals surface area contributed by atoms with E-state index in [1.807, 2.05) is 52.0 Å². The highest BCUT2D eigenvalue weighted by Gasteiger charge is 2.27. The number of hydrogen-bond donors (Lipinski definition) is 9. The number of hydrogen-bond acceptors (Lipinski definition) is 9. The Labute approximate surface area is 306 Å². The summed E-state index contributed by atoms with van der Waals surface area (Å²) in [7, 11) is 0. The molecule has 1 saturated heterocycles. The van der Waals surface area contributed by atoms with Gasteiger partial charge < -0.3 is 45.9 Å². The number of aromatic amines is 2. The number of β-amino-alcohol motifs (C(OH)–C–C–N with tert-alkyl or cyclic N) is 1. The number of H-pyrrole nitrogens is 2. The lowest BCUT2D eigenvalue weighted by Gasteiger charge is -2.07. The van der Waals surface area contributed by atoms with Crippen LogP contribution < -0.4 is 5.32 Å². The monoisotopic (exact) mass is 729 g/mol. The molecule has 1 fully saturated rings. The third-order valence-electron chi connectivity index (χ3n) is 10.1. The normalized spacial score (nSPS) is 18.1. The van der Waals surface area contributed by atoms with Crippen LogP contribution in [-0.4, -0.2) is 93.3 Å². The molecule has 14 heteroatoms. The first kappa shape index (κ1) is 39.1. The molecule has 3 aliphatic rings. The molecule has 282 valence electrons. The van der Waals surface area contributed by atoms with Crippen LogP contribution in [0, 0.1) is 13.8 Å². The van der Waals surface area contributed by atoms with Crippen molar-refractivity contribution < 1.29 is 45.0 Å². The van der Waals surface area contributed by atoms with Crippen molar-refractivity contribution in [1.29, 1.82) is 0 Å². The van der Waals surface area contributed by atoms with E-state index < -0.39 is 42.3 Å².